The van der Waals surface area contributed by atoms with Crippen LogP contribution in [0.4, 0.5) is 11.5 Å². The van der Waals surface area contributed by atoms with Crippen molar-refractivity contribution in [2.45, 2.75) is 18.6 Å². The number of rotatable bonds is 3. The van der Waals surface area contributed by atoms with Crippen LogP contribution in [0.1, 0.15) is 23.3 Å². The molecule has 4 heterocycles. The molecule has 1 spiro atoms. The van der Waals surface area contributed by atoms with Gasteiger partial charge in [-0.05, 0) is 12.1 Å². The van der Waals surface area contributed by atoms with Crippen LogP contribution in [-0.4, -0.2) is 66.1 Å². The molecule has 2 aromatic rings. The van der Waals surface area contributed by atoms with E-state index >= 15 is 0 Å². The molecular formula is C20H22N4O5. The quantitative estimate of drug-likeness (QED) is 0.839. The molecule has 1 amide bonds. The molecule has 1 aromatic heterocycles. The van der Waals surface area contributed by atoms with Gasteiger partial charge in [-0.1, -0.05) is 0 Å². The molecule has 5 rings (SSSR count). The van der Waals surface area contributed by atoms with Crippen molar-refractivity contribution in [3.8, 4) is 11.5 Å². The van der Waals surface area contributed by atoms with Crippen LogP contribution < -0.4 is 14.8 Å². The fraction of sp³-hybridized carbons (Fsp3) is 0.450. The molecule has 0 aliphatic carbocycles. The minimum absolute atomic E-state index is 0.120. The summed E-state index contributed by atoms with van der Waals surface area (Å²) < 4.78 is 22.6. The van der Waals surface area contributed by atoms with Crippen LogP contribution in [-0.2, 0) is 9.47 Å². The number of anilines is 2. The summed E-state index contributed by atoms with van der Waals surface area (Å²) in [5, 5.41) is 3.19. The van der Waals surface area contributed by atoms with E-state index in [-0.39, 0.29) is 5.91 Å². The summed E-state index contributed by atoms with van der Waals surface area (Å²) in [7, 11) is 0. The molecule has 0 bridgehead atoms. The molecule has 2 fully saturated rings. The summed E-state index contributed by atoms with van der Waals surface area (Å²) in [6, 6.07) is 7.24. The van der Waals surface area contributed by atoms with Gasteiger partial charge in [-0.2, -0.15) is 0 Å². The normalized spacial score (nSPS) is 19.9. The molecule has 0 unspecified atom stereocenters. The van der Waals surface area contributed by atoms with E-state index in [1.807, 2.05) is 18.2 Å². The van der Waals surface area contributed by atoms with Gasteiger partial charge in [0.15, 0.2) is 17.3 Å². The van der Waals surface area contributed by atoms with E-state index in [4.69, 9.17) is 18.9 Å². The third kappa shape index (κ3) is 3.70. The summed E-state index contributed by atoms with van der Waals surface area (Å²) in [6.07, 6.45) is 2.74. The summed E-state index contributed by atoms with van der Waals surface area (Å²) in [5.41, 5.74) is 1.14. The lowest BCUT2D eigenvalue weighted by Gasteiger charge is -2.37. The lowest BCUT2D eigenvalue weighted by molar-refractivity contribution is -0.181. The van der Waals surface area contributed by atoms with Crippen LogP contribution in [0, 0.1) is 0 Å². The highest BCUT2D eigenvalue weighted by molar-refractivity contribution is 5.93. The Bertz CT molecular complexity index is 905. The van der Waals surface area contributed by atoms with Crippen LogP contribution >= 0.6 is 0 Å². The molecule has 1 N–H and O–H groups in total. The zero-order valence-corrected chi connectivity index (χ0v) is 15.9. The number of ether oxygens (including phenoxy) is 4. The lowest BCUT2D eigenvalue weighted by atomic mass is 10.0. The predicted octanol–water partition coefficient (Wildman–Crippen LogP) is 1.97. The number of likely N-dealkylation sites (tertiary alicyclic amines) is 1. The number of nitrogens with one attached hydrogen (secondary N) is 1. The molecular weight excluding hydrogens is 376 g/mol. The second-order valence-electron chi connectivity index (χ2n) is 7.17. The zero-order valence-electron chi connectivity index (χ0n) is 15.9. The highest BCUT2D eigenvalue weighted by atomic mass is 16.7. The average Bonchev–Trinajstić information content (AvgIpc) is 3.22. The van der Waals surface area contributed by atoms with Crippen LogP contribution in [0.15, 0.2) is 30.6 Å². The first kappa shape index (κ1) is 18.1. The van der Waals surface area contributed by atoms with E-state index < -0.39 is 5.79 Å². The van der Waals surface area contributed by atoms with Crippen molar-refractivity contribution in [2.24, 2.45) is 0 Å². The molecule has 0 atom stereocenters. The average molecular weight is 398 g/mol. The Labute approximate surface area is 167 Å². The molecule has 3 aliphatic rings. The number of carbonyl (C=O) groups is 1. The van der Waals surface area contributed by atoms with E-state index in [2.05, 4.69) is 15.3 Å². The minimum Gasteiger partial charge on any atom is -0.486 e. The van der Waals surface area contributed by atoms with Gasteiger partial charge in [0.25, 0.3) is 5.91 Å². The van der Waals surface area contributed by atoms with Crippen LogP contribution in [0.3, 0.4) is 0 Å². The smallest absolute Gasteiger partial charge is 0.272 e. The molecule has 0 saturated carbocycles. The number of carbonyl (C=O) groups excluding carboxylic acids is 1. The van der Waals surface area contributed by atoms with Crippen LogP contribution in [0.25, 0.3) is 0 Å². The van der Waals surface area contributed by atoms with Crippen molar-refractivity contribution in [1.29, 1.82) is 0 Å². The number of hydrogen-bond acceptors (Lipinski definition) is 8. The molecule has 9 nitrogen and oxygen atoms in total. The Kier molecular flexibility index (Phi) is 4.69. The molecule has 0 radical (unpaired) electrons. The first-order chi connectivity index (χ1) is 14.2. The summed E-state index contributed by atoms with van der Waals surface area (Å²) in [5.74, 6) is 1.32. The van der Waals surface area contributed by atoms with Gasteiger partial charge in [0.05, 0.1) is 13.2 Å². The van der Waals surface area contributed by atoms with Crippen molar-refractivity contribution in [1.82, 2.24) is 14.9 Å². The second-order valence-corrected chi connectivity index (χ2v) is 7.17. The monoisotopic (exact) mass is 398 g/mol. The Morgan fingerprint density at radius 3 is 2.52 bits per heavy atom. The number of fused-ring (bicyclic) bond motifs is 1. The maximum absolute atomic E-state index is 12.9. The maximum atomic E-state index is 12.9. The van der Waals surface area contributed by atoms with Gasteiger partial charge in [0.1, 0.15) is 31.1 Å². The second kappa shape index (κ2) is 7.49. The number of benzene rings is 1. The Morgan fingerprint density at radius 1 is 0.966 bits per heavy atom. The van der Waals surface area contributed by atoms with E-state index in [0.717, 1.165) is 11.4 Å². The number of hydrogen-bond donors (Lipinski definition) is 1. The zero-order chi connectivity index (χ0) is 19.7. The Balaban J connectivity index is 1.26. The van der Waals surface area contributed by atoms with Crippen molar-refractivity contribution in [3.63, 3.8) is 0 Å². The topological polar surface area (TPSA) is 95.0 Å². The SMILES string of the molecule is O=C(c1cc(Nc2ccc3c(c2)OCCO3)ncn1)N1CCC2(CC1)OCCO2. The highest BCUT2D eigenvalue weighted by Crippen LogP contribution is 2.34. The van der Waals surface area contributed by atoms with Gasteiger partial charge in [-0.25, -0.2) is 9.97 Å². The molecule has 3 aliphatic heterocycles. The number of aromatic nitrogens is 2. The molecule has 29 heavy (non-hydrogen) atoms. The van der Waals surface area contributed by atoms with Crippen molar-refractivity contribution in [3.05, 3.63) is 36.3 Å². The molecule has 1 aromatic carbocycles. The summed E-state index contributed by atoms with van der Waals surface area (Å²) in [4.78, 5) is 23.1. The van der Waals surface area contributed by atoms with Crippen molar-refractivity contribution >= 4 is 17.4 Å². The number of piperidine rings is 1. The highest BCUT2D eigenvalue weighted by Gasteiger charge is 2.41. The molecule has 152 valence electrons. The van der Waals surface area contributed by atoms with E-state index in [1.54, 1.807) is 11.0 Å². The van der Waals surface area contributed by atoms with Gasteiger partial charge < -0.3 is 29.2 Å². The van der Waals surface area contributed by atoms with Crippen molar-refractivity contribution in [2.75, 3.05) is 44.8 Å². The maximum Gasteiger partial charge on any atom is 0.272 e. The number of nitrogens with zero attached hydrogens (tertiary/aromatic N) is 3. The van der Waals surface area contributed by atoms with Gasteiger partial charge in [0.2, 0.25) is 0 Å². The molecule has 2 saturated heterocycles. The third-order valence-electron chi connectivity index (χ3n) is 5.33. The molecule has 9 heteroatoms. The lowest BCUT2D eigenvalue weighted by Crippen LogP contribution is -2.47. The van der Waals surface area contributed by atoms with E-state index in [9.17, 15) is 4.79 Å². The van der Waals surface area contributed by atoms with E-state index in [1.165, 1.54) is 6.33 Å². The van der Waals surface area contributed by atoms with Gasteiger partial charge >= 0.3 is 0 Å². The largest absolute Gasteiger partial charge is 0.486 e. The standard InChI is InChI=1S/C20H22N4O5/c25-19(24-5-3-20(4-6-24)28-9-10-29-20)15-12-18(22-13-21-15)23-14-1-2-16-17(11-14)27-8-7-26-16/h1-2,11-13H,3-10H2,(H,21,22,23). The fourth-order valence-electron chi connectivity index (χ4n) is 3.81. The van der Waals surface area contributed by atoms with Crippen LogP contribution in [0.2, 0.25) is 0 Å². The van der Waals surface area contributed by atoms with Gasteiger partial charge in [-0.15, -0.1) is 0 Å². The first-order valence-corrected chi connectivity index (χ1v) is 9.77. The third-order valence-corrected chi connectivity index (χ3v) is 5.33. The van der Waals surface area contributed by atoms with Gasteiger partial charge in [-0.3, -0.25) is 4.79 Å². The predicted molar refractivity (Wildman–Crippen MR) is 103 cm³/mol. The number of amides is 1. The van der Waals surface area contributed by atoms with Crippen LogP contribution in [0.5, 0.6) is 11.5 Å². The fourth-order valence-corrected chi connectivity index (χ4v) is 3.81. The first-order valence-electron chi connectivity index (χ1n) is 9.77. The minimum atomic E-state index is -0.507. The summed E-state index contributed by atoms with van der Waals surface area (Å²) in [6.45, 7) is 3.47. The van der Waals surface area contributed by atoms with Crippen molar-refractivity contribution < 1.29 is 23.7 Å². The Hall–Kier alpha value is -2.91. The van der Waals surface area contributed by atoms with E-state index in [0.29, 0.717) is 69.6 Å². The summed E-state index contributed by atoms with van der Waals surface area (Å²) >= 11 is 0. The Morgan fingerprint density at radius 2 is 1.72 bits per heavy atom. The van der Waals surface area contributed by atoms with Gasteiger partial charge in [0, 0.05) is 43.8 Å².